The molecule has 0 spiro atoms. The van der Waals surface area contributed by atoms with Gasteiger partial charge in [-0.25, -0.2) is 0 Å². The molecule has 0 atom stereocenters. The van der Waals surface area contributed by atoms with E-state index in [4.69, 9.17) is 4.74 Å². The summed E-state index contributed by atoms with van der Waals surface area (Å²) in [4.78, 5) is 22.6. The van der Waals surface area contributed by atoms with E-state index < -0.39 is 0 Å². The SMILES string of the molecule is CCCCCCCCCCCCCCCCCC(=O)OC(=O)CCC.[AlH3]. The molecule has 26 heavy (non-hydrogen) atoms. The molecular formula is C22H45AlO3. The van der Waals surface area contributed by atoms with Crippen molar-refractivity contribution in [2.24, 2.45) is 0 Å². The van der Waals surface area contributed by atoms with Crippen molar-refractivity contribution in [3.05, 3.63) is 0 Å². The predicted molar refractivity (Wildman–Crippen MR) is 115 cm³/mol. The number of unbranched alkanes of at least 4 members (excludes halogenated alkanes) is 14. The topological polar surface area (TPSA) is 43.4 Å². The second kappa shape index (κ2) is 22.7. The minimum Gasteiger partial charge on any atom is -0.393 e. The van der Waals surface area contributed by atoms with Gasteiger partial charge in [0.1, 0.15) is 0 Å². The van der Waals surface area contributed by atoms with Crippen LogP contribution in [0.1, 0.15) is 129 Å². The van der Waals surface area contributed by atoms with Crippen molar-refractivity contribution in [3.63, 3.8) is 0 Å². The molecule has 0 radical (unpaired) electrons. The Balaban J connectivity index is 0. The summed E-state index contributed by atoms with van der Waals surface area (Å²) in [5.74, 6) is -0.735. The fourth-order valence-corrected chi connectivity index (χ4v) is 3.07. The molecule has 0 aliphatic heterocycles. The molecular weight excluding hydrogens is 339 g/mol. The van der Waals surface area contributed by atoms with Crippen LogP contribution in [0.2, 0.25) is 0 Å². The highest BCUT2D eigenvalue weighted by Crippen LogP contribution is 2.13. The second-order valence-corrected chi connectivity index (χ2v) is 7.30. The Morgan fingerprint density at radius 1 is 0.500 bits per heavy atom. The van der Waals surface area contributed by atoms with Gasteiger partial charge in [-0.2, -0.15) is 0 Å². The van der Waals surface area contributed by atoms with E-state index in [1.165, 1.54) is 83.5 Å². The van der Waals surface area contributed by atoms with Gasteiger partial charge < -0.3 is 4.74 Å². The van der Waals surface area contributed by atoms with Crippen LogP contribution in [-0.2, 0) is 14.3 Å². The maximum absolute atomic E-state index is 11.4. The first-order valence-corrected chi connectivity index (χ1v) is 10.9. The van der Waals surface area contributed by atoms with Gasteiger partial charge in [0.25, 0.3) is 0 Å². The zero-order valence-corrected chi connectivity index (χ0v) is 17.0. The predicted octanol–water partition coefficient (Wildman–Crippen LogP) is 5.93. The van der Waals surface area contributed by atoms with Crippen molar-refractivity contribution in [3.8, 4) is 0 Å². The monoisotopic (exact) mass is 384 g/mol. The van der Waals surface area contributed by atoms with Gasteiger partial charge in [-0.3, -0.25) is 9.59 Å². The van der Waals surface area contributed by atoms with Gasteiger partial charge in [-0.1, -0.05) is 104 Å². The van der Waals surface area contributed by atoms with Crippen molar-refractivity contribution in [1.29, 1.82) is 0 Å². The highest BCUT2D eigenvalue weighted by molar-refractivity contribution is 5.85. The molecule has 0 N–H and O–H groups in total. The summed E-state index contributed by atoms with van der Waals surface area (Å²) in [6.45, 7) is 4.17. The number of carbonyl (C=O) groups excluding carboxylic acids is 2. The smallest absolute Gasteiger partial charge is 0.313 e. The van der Waals surface area contributed by atoms with E-state index in [2.05, 4.69) is 6.92 Å². The molecule has 0 heterocycles. The Hall–Kier alpha value is -0.328. The van der Waals surface area contributed by atoms with Crippen molar-refractivity contribution in [2.75, 3.05) is 0 Å². The van der Waals surface area contributed by atoms with Crippen LogP contribution < -0.4 is 0 Å². The minimum atomic E-state index is -0.381. The molecule has 0 bridgehead atoms. The molecule has 0 aromatic rings. The summed E-state index contributed by atoms with van der Waals surface area (Å²) >= 11 is 0. The molecule has 0 saturated carbocycles. The average molecular weight is 385 g/mol. The van der Waals surface area contributed by atoms with Crippen molar-refractivity contribution >= 4 is 29.3 Å². The summed E-state index contributed by atoms with van der Waals surface area (Å²) in [5.41, 5.74) is 0. The molecule has 0 fully saturated rings. The zero-order chi connectivity index (χ0) is 18.6. The number of hydrogen-bond acceptors (Lipinski definition) is 3. The molecule has 3 nitrogen and oxygen atoms in total. The van der Waals surface area contributed by atoms with E-state index in [0.29, 0.717) is 12.8 Å². The average Bonchev–Trinajstić information content (AvgIpc) is 2.58. The van der Waals surface area contributed by atoms with Crippen LogP contribution in [0.25, 0.3) is 0 Å². The number of carbonyl (C=O) groups is 2. The van der Waals surface area contributed by atoms with Crippen LogP contribution in [-0.4, -0.2) is 29.3 Å². The lowest BCUT2D eigenvalue weighted by atomic mass is 10.0. The fraction of sp³-hybridized carbons (Fsp3) is 0.909. The van der Waals surface area contributed by atoms with E-state index in [9.17, 15) is 9.59 Å². The van der Waals surface area contributed by atoms with Crippen LogP contribution >= 0.6 is 0 Å². The Morgan fingerprint density at radius 2 is 0.846 bits per heavy atom. The highest BCUT2D eigenvalue weighted by atomic mass is 27.0. The van der Waals surface area contributed by atoms with Crippen LogP contribution in [0.15, 0.2) is 0 Å². The van der Waals surface area contributed by atoms with E-state index in [1.54, 1.807) is 0 Å². The summed E-state index contributed by atoms with van der Waals surface area (Å²) in [5, 5.41) is 0. The summed E-state index contributed by atoms with van der Waals surface area (Å²) in [6, 6.07) is 0. The van der Waals surface area contributed by atoms with Crippen LogP contribution in [0.4, 0.5) is 0 Å². The van der Waals surface area contributed by atoms with Gasteiger partial charge in [0.05, 0.1) is 0 Å². The quantitative estimate of drug-likeness (QED) is 0.127. The lowest BCUT2D eigenvalue weighted by molar-refractivity contribution is -0.159. The molecule has 0 aliphatic rings. The standard InChI is InChI=1S/C22H42O3.Al.3H/c1-3-5-6-7-8-9-10-11-12-13-14-15-16-17-18-20-22(24)25-21(23)19-4-2;;;;/h3-20H2,1-2H3;;;;. The van der Waals surface area contributed by atoms with Crippen LogP contribution in [0.5, 0.6) is 0 Å². The molecule has 0 unspecified atom stereocenters. The van der Waals surface area contributed by atoms with Crippen molar-refractivity contribution in [2.45, 2.75) is 129 Å². The fourth-order valence-electron chi connectivity index (χ4n) is 3.07. The molecule has 0 amide bonds. The molecule has 0 aromatic carbocycles. The van der Waals surface area contributed by atoms with E-state index in [-0.39, 0.29) is 29.3 Å². The normalized spacial score (nSPS) is 10.4. The highest BCUT2D eigenvalue weighted by Gasteiger charge is 2.08. The number of rotatable bonds is 18. The lowest BCUT2D eigenvalue weighted by Gasteiger charge is -2.04. The van der Waals surface area contributed by atoms with Crippen molar-refractivity contribution in [1.82, 2.24) is 0 Å². The van der Waals surface area contributed by atoms with Gasteiger partial charge in [0.2, 0.25) is 0 Å². The molecule has 0 aliphatic carbocycles. The maximum Gasteiger partial charge on any atom is 0.313 e. The second-order valence-electron chi connectivity index (χ2n) is 7.30. The molecule has 0 aromatic heterocycles. The van der Waals surface area contributed by atoms with E-state index in [1.807, 2.05) is 6.92 Å². The number of hydrogen-bond donors (Lipinski definition) is 0. The first-order chi connectivity index (χ1) is 12.2. The van der Waals surface area contributed by atoms with Gasteiger partial charge in [0, 0.05) is 12.8 Å². The Bertz CT molecular complexity index is 319. The summed E-state index contributed by atoms with van der Waals surface area (Å²) in [7, 11) is 0. The van der Waals surface area contributed by atoms with Gasteiger partial charge in [0.15, 0.2) is 17.4 Å². The third-order valence-corrected chi connectivity index (χ3v) is 4.67. The molecule has 0 saturated heterocycles. The molecule has 0 rings (SSSR count). The summed E-state index contributed by atoms with van der Waals surface area (Å²) < 4.78 is 4.73. The molecule has 154 valence electrons. The largest absolute Gasteiger partial charge is 0.393 e. The number of esters is 2. The van der Waals surface area contributed by atoms with Gasteiger partial charge >= 0.3 is 11.9 Å². The summed E-state index contributed by atoms with van der Waals surface area (Å²) in [6.07, 6.45) is 21.1. The minimum absolute atomic E-state index is 0. The third-order valence-electron chi connectivity index (χ3n) is 4.67. The number of ether oxygens (including phenoxy) is 1. The zero-order valence-electron chi connectivity index (χ0n) is 17.0. The maximum atomic E-state index is 11.4. The van der Waals surface area contributed by atoms with Crippen molar-refractivity contribution < 1.29 is 14.3 Å². The van der Waals surface area contributed by atoms with Gasteiger partial charge in [-0.15, -0.1) is 0 Å². The Kier molecular flexibility index (Phi) is 24.4. The van der Waals surface area contributed by atoms with Crippen LogP contribution in [0, 0.1) is 0 Å². The first kappa shape index (κ1) is 27.9. The molecule has 4 heteroatoms. The van der Waals surface area contributed by atoms with Gasteiger partial charge in [-0.05, 0) is 12.8 Å². The Labute approximate surface area is 173 Å². The van der Waals surface area contributed by atoms with E-state index in [0.717, 1.165) is 19.3 Å². The van der Waals surface area contributed by atoms with Crippen LogP contribution in [0.3, 0.4) is 0 Å². The Morgan fingerprint density at radius 3 is 1.23 bits per heavy atom. The first-order valence-electron chi connectivity index (χ1n) is 10.9. The van der Waals surface area contributed by atoms with E-state index >= 15 is 0 Å². The lowest BCUT2D eigenvalue weighted by Crippen LogP contribution is -2.11. The third kappa shape index (κ3) is 21.7.